The van der Waals surface area contributed by atoms with Gasteiger partial charge in [0.15, 0.2) is 0 Å². The number of para-hydroxylation sites is 1. The molecule has 1 aromatic heterocycles. The minimum absolute atomic E-state index is 0.0657. The largest absolute Gasteiger partial charge is 0.350 e. The average Bonchev–Trinajstić information content (AvgIpc) is 2.78. The summed E-state index contributed by atoms with van der Waals surface area (Å²) in [5.41, 5.74) is 5.27. The number of hydrogen-bond acceptors (Lipinski definition) is 3. The van der Waals surface area contributed by atoms with Crippen molar-refractivity contribution in [3.63, 3.8) is 0 Å². The number of rotatable bonds is 3. The lowest BCUT2D eigenvalue weighted by atomic mass is 10.1. The van der Waals surface area contributed by atoms with E-state index in [9.17, 15) is 4.79 Å². The van der Waals surface area contributed by atoms with Crippen molar-refractivity contribution in [1.82, 2.24) is 19.9 Å². The van der Waals surface area contributed by atoms with Crippen LogP contribution in [0.5, 0.6) is 0 Å². The van der Waals surface area contributed by atoms with E-state index in [1.54, 1.807) is 0 Å². The number of carbonyl (C=O) groups excluding carboxylic acids is 1. The summed E-state index contributed by atoms with van der Waals surface area (Å²) < 4.78 is 2.08. The summed E-state index contributed by atoms with van der Waals surface area (Å²) in [7, 11) is 4.12. The van der Waals surface area contributed by atoms with Gasteiger partial charge in [0.05, 0.1) is 6.42 Å². The predicted octanol–water partition coefficient (Wildman–Crippen LogP) is 0.999. The molecular formula is C16H22N4O. The molecule has 1 saturated heterocycles. The van der Waals surface area contributed by atoms with Gasteiger partial charge < -0.3 is 9.47 Å². The molecule has 0 saturated carbocycles. The van der Waals surface area contributed by atoms with Gasteiger partial charge in [0.1, 0.15) is 0 Å². The summed E-state index contributed by atoms with van der Waals surface area (Å²) >= 11 is 0. The zero-order valence-electron chi connectivity index (χ0n) is 12.7. The Kier molecular flexibility index (Phi) is 3.94. The first-order valence-corrected chi connectivity index (χ1v) is 7.39. The first-order valence-electron chi connectivity index (χ1n) is 7.39. The maximum absolute atomic E-state index is 12.2. The van der Waals surface area contributed by atoms with Crippen molar-refractivity contribution >= 4 is 16.8 Å². The molecule has 112 valence electrons. The van der Waals surface area contributed by atoms with Crippen LogP contribution in [-0.2, 0) is 18.3 Å². The Morgan fingerprint density at radius 3 is 2.62 bits per heavy atom. The zero-order valence-corrected chi connectivity index (χ0v) is 12.7. The fraction of sp³-hybridized carbons (Fsp3) is 0.438. The van der Waals surface area contributed by atoms with Crippen molar-refractivity contribution < 1.29 is 4.79 Å². The van der Waals surface area contributed by atoms with Gasteiger partial charge in [-0.15, -0.1) is 0 Å². The Morgan fingerprint density at radius 1 is 1.14 bits per heavy atom. The molecule has 1 N–H and O–H groups in total. The molecule has 2 aromatic rings. The molecule has 0 bridgehead atoms. The summed E-state index contributed by atoms with van der Waals surface area (Å²) in [4.78, 5) is 14.5. The number of hydrazine groups is 1. The van der Waals surface area contributed by atoms with Crippen LogP contribution in [0.3, 0.4) is 0 Å². The fourth-order valence-electron chi connectivity index (χ4n) is 2.87. The molecule has 1 fully saturated rings. The molecule has 0 atom stereocenters. The van der Waals surface area contributed by atoms with E-state index in [1.165, 1.54) is 5.52 Å². The summed E-state index contributed by atoms with van der Waals surface area (Å²) in [5.74, 6) is 0.0657. The molecule has 1 amide bonds. The smallest absolute Gasteiger partial charge is 0.238 e. The number of benzene rings is 1. The molecule has 1 aliphatic heterocycles. The Labute approximate surface area is 125 Å². The summed E-state index contributed by atoms with van der Waals surface area (Å²) in [6.45, 7) is 3.76. The SMILES string of the molecule is CN1CCN(NC(=O)Cc2cn(C)c3ccccc23)CC1. The van der Waals surface area contributed by atoms with Gasteiger partial charge in [-0.2, -0.15) is 0 Å². The van der Waals surface area contributed by atoms with Crippen molar-refractivity contribution in [1.29, 1.82) is 0 Å². The normalized spacial score (nSPS) is 17.2. The summed E-state index contributed by atoms with van der Waals surface area (Å²) in [6.07, 6.45) is 2.47. The number of likely N-dealkylation sites (N-methyl/N-ethyl adjacent to an activating group) is 1. The van der Waals surface area contributed by atoms with Crippen LogP contribution in [0.1, 0.15) is 5.56 Å². The topological polar surface area (TPSA) is 40.5 Å². The van der Waals surface area contributed by atoms with E-state index in [1.807, 2.05) is 30.4 Å². The monoisotopic (exact) mass is 286 g/mol. The first-order chi connectivity index (χ1) is 10.1. The number of nitrogens with one attached hydrogen (secondary N) is 1. The predicted molar refractivity (Wildman–Crippen MR) is 83.8 cm³/mol. The molecule has 5 heteroatoms. The second-order valence-corrected chi connectivity index (χ2v) is 5.78. The van der Waals surface area contributed by atoms with Gasteiger partial charge in [0, 0.05) is 50.3 Å². The Hall–Kier alpha value is -1.85. The van der Waals surface area contributed by atoms with Crippen molar-refractivity contribution in [2.24, 2.45) is 7.05 Å². The van der Waals surface area contributed by atoms with Gasteiger partial charge in [-0.1, -0.05) is 18.2 Å². The van der Waals surface area contributed by atoms with Crippen LogP contribution in [0.15, 0.2) is 30.5 Å². The highest BCUT2D eigenvalue weighted by Gasteiger charge is 2.17. The highest BCUT2D eigenvalue weighted by molar-refractivity contribution is 5.89. The van der Waals surface area contributed by atoms with Gasteiger partial charge in [-0.25, -0.2) is 5.01 Å². The molecule has 0 spiro atoms. The minimum atomic E-state index is 0.0657. The molecule has 3 rings (SSSR count). The third-order valence-corrected chi connectivity index (χ3v) is 4.12. The van der Waals surface area contributed by atoms with Crippen molar-refractivity contribution in [3.8, 4) is 0 Å². The Bertz CT molecular complexity index is 641. The van der Waals surface area contributed by atoms with E-state index in [-0.39, 0.29) is 5.91 Å². The van der Waals surface area contributed by atoms with Gasteiger partial charge in [-0.3, -0.25) is 10.2 Å². The van der Waals surface area contributed by atoms with E-state index >= 15 is 0 Å². The van der Waals surface area contributed by atoms with Crippen LogP contribution in [0.2, 0.25) is 0 Å². The lowest BCUT2D eigenvalue weighted by Crippen LogP contribution is -2.52. The van der Waals surface area contributed by atoms with Crippen LogP contribution in [0.4, 0.5) is 0 Å². The van der Waals surface area contributed by atoms with Crippen LogP contribution in [-0.4, -0.2) is 53.6 Å². The molecule has 0 radical (unpaired) electrons. The second kappa shape index (κ2) is 5.87. The van der Waals surface area contributed by atoms with Crippen LogP contribution in [0.25, 0.3) is 10.9 Å². The number of fused-ring (bicyclic) bond motifs is 1. The minimum Gasteiger partial charge on any atom is -0.350 e. The standard InChI is InChI=1S/C16H22N4O/c1-18-7-9-20(10-8-18)17-16(21)11-13-12-19(2)15-6-4-3-5-14(13)15/h3-6,12H,7-11H2,1-2H3,(H,17,21). The molecule has 0 aliphatic carbocycles. The van der Waals surface area contributed by atoms with Gasteiger partial charge in [-0.05, 0) is 18.7 Å². The highest BCUT2D eigenvalue weighted by Crippen LogP contribution is 2.20. The number of amides is 1. The molecule has 1 aromatic carbocycles. The summed E-state index contributed by atoms with van der Waals surface area (Å²) in [6, 6.07) is 8.20. The average molecular weight is 286 g/mol. The van der Waals surface area contributed by atoms with Crippen LogP contribution >= 0.6 is 0 Å². The quantitative estimate of drug-likeness (QED) is 0.915. The van der Waals surface area contributed by atoms with E-state index in [4.69, 9.17) is 0 Å². The summed E-state index contributed by atoms with van der Waals surface area (Å²) in [5, 5.41) is 3.18. The Balaban J connectivity index is 1.66. The lowest BCUT2D eigenvalue weighted by Gasteiger charge is -2.32. The highest BCUT2D eigenvalue weighted by atomic mass is 16.2. The second-order valence-electron chi connectivity index (χ2n) is 5.78. The molecule has 5 nitrogen and oxygen atoms in total. The van der Waals surface area contributed by atoms with E-state index < -0.39 is 0 Å². The van der Waals surface area contributed by atoms with E-state index in [0.717, 1.165) is 37.1 Å². The molecule has 21 heavy (non-hydrogen) atoms. The maximum atomic E-state index is 12.2. The third-order valence-electron chi connectivity index (χ3n) is 4.12. The molecule has 0 unspecified atom stereocenters. The molecular weight excluding hydrogens is 264 g/mol. The number of nitrogens with zero attached hydrogens (tertiary/aromatic N) is 3. The number of aryl methyl sites for hydroxylation is 1. The van der Waals surface area contributed by atoms with Crippen LogP contribution in [0, 0.1) is 0 Å². The number of piperazine rings is 1. The van der Waals surface area contributed by atoms with Gasteiger partial charge in [0.2, 0.25) is 5.91 Å². The first kappa shape index (κ1) is 14.1. The Morgan fingerprint density at radius 2 is 1.86 bits per heavy atom. The third kappa shape index (κ3) is 3.09. The maximum Gasteiger partial charge on any atom is 0.238 e. The van der Waals surface area contributed by atoms with Crippen molar-refractivity contribution in [2.75, 3.05) is 33.2 Å². The van der Waals surface area contributed by atoms with E-state index in [0.29, 0.717) is 6.42 Å². The molecule has 2 heterocycles. The molecule has 1 aliphatic rings. The number of hydrogen-bond donors (Lipinski definition) is 1. The van der Waals surface area contributed by atoms with Crippen molar-refractivity contribution in [2.45, 2.75) is 6.42 Å². The lowest BCUT2D eigenvalue weighted by molar-refractivity contribution is -0.126. The fourth-order valence-corrected chi connectivity index (χ4v) is 2.87. The van der Waals surface area contributed by atoms with Crippen LogP contribution < -0.4 is 5.43 Å². The van der Waals surface area contributed by atoms with Gasteiger partial charge >= 0.3 is 0 Å². The number of aromatic nitrogens is 1. The van der Waals surface area contributed by atoms with Crippen molar-refractivity contribution in [3.05, 3.63) is 36.0 Å². The van der Waals surface area contributed by atoms with E-state index in [2.05, 4.69) is 34.1 Å². The number of carbonyl (C=O) groups is 1. The zero-order chi connectivity index (χ0) is 14.8. The van der Waals surface area contributed by atoms with Gasteiger partial charge in [0.25, 0.3) is 0 Å².